The topological polar surface area (TPSA) is 123 Å². The van der Waals surface area contributed by atoms with E-state index in [2.05, 4.69) is 15.5 Å². The molecule has 0 atom stereocenters. The molecule has 0 saturated carbocycles. The SMILES string of the molecule is CCOC(=O)N1CCCCN1C(=O)Nc1cc2c(cc1F)sc(=O)n2Cc1noc(C)n1. The fourth-order valence-electron chi connectivity index (χ4n) is 3.42. The summed E-state index contributed by atoms with van der Waals surface area (Å²) in [6.07, 6.45) is 0.777. The summed E-state index contributed by atoms with van der Waals surface area (Å²) in [5, 5.41) is 8.70. The molecule has 1 saturated heterocycles. The number of nitrogens with one attached hydrogen (secondary N) is 1. The molecule has 13 heteroatoms. The number of aromatic nitrogens is 3. The number of thiazole rings is 1. The number of urea groups is 1. The Kier molecular flexibility index (Phi) is 6.08. The summed E-state index contributed by atoms with van der Waals surface area (Å²) in [6, 6.07) is 1.90. The molecule has 1 aliphatic rings. The molecule has 1 N–H and O–H groups in total. The molecule has 0 unspecified atom stereocenters. The lowest BCUT2D eigenvalue weighted by Crippen LogP contribution is -2.54. The summed E-state index contributed by atoms with van der Waals surface area (Å²) < 4.78 is 26.4. The maximum absolute atomic E-state index is 14.7. The molecular weight excluding hydrogens is 443 g/mol. The van der Waals surface area contributed by atoms with Gasteiger partial charge in [0, 0.05) is 20.0 Å². The summed E-state index contributed by atoms with van der Waals surface area (Å²) in [5.74, 6) is -0.0359. The number of carbonyl (C=O) groups excluding carboxylic acids is 2. The molecule has 3 aromatic rings. The minimum Gasteiger partial charge on any atom is -0.448 e. The van der Waals surface area contributed by atoms with Crippen molar-refractivity contribution in [3.05, 3.63) is 39.3 Å². The Bertz CT molecular complexity index is 1220. The Morgan fingerprint density at radius 2 is 2.03 bits per heavy atom. The van der Waals surface area contributed by atoms with Crippen molar-refractivity contribution >= 4 is 39.4 Å². The van der Waals surface area contributed by atoms with Crippen LogP contribution in [0.15, 0.2) is 21.5 Å². The molecule has 0 bridgehead atoms. The summed E-state index contributed by atoms with van der Waals surface area (Å²) in [6.45, 7) is 4.13. The van der Waals surface area contributed by atoms with E-state index in [-0.39, 0.29) is 30.3 Å². The predicted molar refractivity (Wildman–Crippen MR) is 113 cm³/mol. The monoisotopic (exact) mass is 464 g/mol. The number of amides is 3. The number of fused-ring (bicyclic) bond motifs is 1. The fourth-order valence-corrected chi connectivity index (χ4v) is 4.32. The number of anilines is 1. The van der Waals surface area contributed by atoms with Gasteiger partial charge in [-0.2, -0.15) is 4.98 Å². The molecule has 0 radical (unpaired) electrons. The molecule has 0 aliphatic carbocycles. The molecule has 1 fully saturated rings. The highest BCUT2D eigenvalue weighted by atomic mass is 32.1. The normalized spacial score (nSPS) is 14.1. The number of aryl methyl sites for hydroxylation is 1. The van der Waals surface area contributed by atoms with Gasteiger partial charge in [0.05, 0.1) is 29.1 Å². The van der Waals surface area contributed by atoms with Crippen molar-refractivity contribution in [1.29, 1.82) is 0 Å². The largest absolute Gasteiger partial charge is 0.448 e. The zero-order valence-corrected chi connectivity index (χ0v) is 18.3. The van der Waals surface area contributed by atoms with Gasteiger partial charge in [0.15, 0.2) is 5.82 Å². The zero-order valence-electron chi connectivity index (χ0n) is 17.5. The number of benzene rings is 1. The van der Waals surface area contributed by atoms with Gasteiger partial charge in [0.25, 0.3) is 0 Å². The van der Waals surface area contributed by atoms with Gasteiger partial charge in [-0.25, -0.2) is 24.0 Å². The molecule has 3 amide bonds. The molecule has 32 heavy (non-hydrogen) atoms. The Morgan fingerprint density at radius 3 is 2.72 bits per heavy atom. The van der Waals surface area contributed by atoms with E-state index in [1.165, 1.54) is 26.7 Å². The molecule has 2 aromatic heterocycles. The number of hydrogen-bond acceptors (Lipinski definition) is 8. The van der Waals surface area contributed by atoms with E-state index in [1.54, 1.807) is 13.8 Å². The minimum absolute atomic E-state index is 0.0396. The first kappa shape index (κ1) is 21.7. The second kappa shape index (κ2) is 8.94. The van der Waals surface area contributed by atoms with Crippen LogP contribution >= 0.6 is 11.3 Å². The molecule has 4 rings (SSSR count). The van der Waals surface area contributed by atoms with Crippen LogP contribution in [0.25, 0.3) is 10.2 Å². The number of ether oxygens (including phenoxy) is 1. The van der Waals surface area contributed by atoms with Gasteiger partial charge in [-0.05, 0) is 31.9 Å². The summed E-state index contributed by atoms with van der Waals surface area (Å²) in [5.41, 5.74) is 0.299. The Hall–Kier alpha value is -3.48. The molecule has 3 heterocycles. The predicted octanol–water partition coefficient (Wildman–Crippen LogP) is 2.94. The van der Waals surface area contributed by atoms with Crippen LogP contribution in [0.5, 0.6) is 0 Å². The quantitative estimate of drug-likeness (QED) is 0.630. The third kappa shape index (κ3) is 4.28. The molecule has 1 aromatic carbocycles. The number of halogens is 1. The highest BCUT2D eigenvalue weighted by Gasteiger charge is 2.30. The van der Waals surface area contributed by atoms with Gasteiger partial charge < -0.3 is 14.6 Å². The maximum Gasteiger partial charge on any atom is 0.428 e. The van der Waals surface area contributed by atoms with E-state index in [0.29, 0.717) is 34.9 Å². The van der Waals surface area contributed by atoms with Crippen LogP contribution in [0.2, 0.25) is 0 Å². The Labute approximate surface area is 185 Å². The van der Waals surface area contributed by atoms with E-state index in [4.69, 9.17) is 9.26 Å². The number of hydrazine groups is 1. The minimum atomic E-state index is -0.700. The van der Waals surface area contributed by atoms with Gasteiger partial charge in [0.1, 0.15) is 5.82 Å². The highest BCUT2D eigenvalue weighted by Crippen LogP contribution is 2.26. The lowest BCUT2D eigenvalue weighted by atomic mass is 10.2. The number of nitrogens with zero attached hydrogens (tertiary/aromatic N) is 5. The Morgan fingerprint density at radius 1 is 1.28 bits per heavy atom. The first-order valence-corrected chi connectivity index (χ1v) is 10.8. The first-order chi connectivity index (χ1) is 15.4. The van der Waals surface area contributed by atoms with Crippen molar-refractivity contribution in [3.8, 4) is 0 Å². The average molecular weight is 464 g/mol. The lowest BCUT2D eigenvalue weighted by molar-refractivity contribution is -0.00726. The van der Waals surface area contributed by atoms with Crippen LogP contribution < -0.4 is 10.2 Å². The third-order valence-electron chi connectivity index (χ3n) is 4.86. The van der Waals surface area contributed by atoms with Crippen molar-refractivity contribution in [2.45, 2.75) is 33.2 Å². The van der Waals surface area contributed by atoms with Gasteiger partial charge in [-0.1, -0.05) is 16.5 Å². The van der Waals surface area contributed by atoms with Gasteiger partial charge in [-0.3, -0.25) is 9.36 Å². The van der Waals surface area contributed by atoms with Crippen LogP contribution in [0.4, 0.5) is 19.7 Å². The standard InChI is InChI=1S/C19H21FN6O5S/c1-3-30-18(28)26-7-5-4-6-25(26)17(27)22-13-9-14-15(8-12(13)20)32-19(29)24(14)10-16-21-11(2)31-23-16/h8-9H,3-7,10H2,1-2H3,(H,22,27). The number of hydrogen-bond donors (Lipinski definition) is 1. The van der Waals surface area contributed by atoms with Crippen molar-refractivity contribution in [2.24, 2.45) is 0 Å². The van der Waals surface area contributed by atoms with Crippen LogP contribution in [0, 0.1) is 12.7 Å². The molecular formula is C19H21FN6O5S. The number of rotatable bonds is 4. The molecule has 11 nitrogen and oxygen atoms in total. The van der Waals surface area contributed by atoms with E-state index in [1.807, 2.05) is 0 Å². The summed E-state index contributed by atoms with van der Waals surface area (Å²) >= 11 is 0.873. The third-order valence-corrected chi connectivity index (χ3v) is 5.80. The smallest absolute Gasteiger partial charge is 0.428 e. The molecule has 1 aliphatic heterocycles. The van der Waals surface area contributed by atoms with Gasteiger partial charge >= 0.3 is 17.0 Å². The van der Waals surface area contributed by atoms with Gasteiger partial charge in [-0.15, -0.1) is 0 Å². The van der Waals surface area contributed by atoms with E-state index >= 15 is 0 Å². The van der Waals surface area contributed by atoms with Crippen molar-refractivity contribution < 1.29 is 23.2 Å². The van der Waals surface area contributed by atoms with Crippen LogP contribution in [0.1, 0.15) is 31.5 Å². The molecule has 0 spiro atoms. The van der Waals surface area contributed by atoms with Crippen molar-refractivity contribution in [2.75, 3.05) is 25.0 Å². The van der Waals surface area contributed by atoms with Crippen LogP contribution in [-0.2, 0) is 11.3 Å². The average Bonchev–Trinajstić information content (AvgIpc) is 3.31. The Balaban J connectivity index is 1.61. The second-order valence-electron chi connectivity index (χ2n) is 7.07. The zero-order chi connectivity index (χ0) is 22.8. The summed E-state index contributed by atoms with van der Waals surface area (Å²) in [4.78, 5) is 41.2. The van der Waals surface area contributed by atoms with E-state index in [9.17, 15) is 18.8 Å². The molecule has 170 valence electrons. The first-order valence-electron chi connectivity index (χ1n) is 10.0. The maximum atomic E-state index is 14.7. The lowest BCUT2D eigenvalue weighted by Gasteiger charge is -2.37. The second-order valence-corrected chi connectivity index (χ2v) is 8.06. The highest BCUT2D eigenvalue weighted by molar-refractivity contribution is 7.16. The van der Waals surface area contributed by atoms with Gasteiger partial charge in [0.2, 0.25) is 5.89 Å². The summed E-state index contributed by atoms with van der Waals surface area (Å²) in [7, 11) is 0. The van der Waals surface area contributed by atoms with Crippen molar-refractivity contribution in [1.82, 2.24) is 24.7 Å². The van der Waals surface area contributed by atoms with E-state index in [0.717, 1.165) is 17.8 Å². The van der Waals surface area contributed by atoms with Crippen LogP contribution in [0.3, 0.4) is 0 Å². The fraction of sp³-hybridized carbons (Fsp3) is 0.421. The van der Waals surface area contributed by atoms with E-state index < -0.39 is 17.9 Å². The number of carbonyl (C=O) groups is 2. The van der Waals surface area contributed by atoms with Crippen molar-refractivity contribution in [3.63, 3.8) is 0 Å². The van der Waals surface area contributed by atoms with Crippen LogP contribution in [-0.4, -0.2) is 56.5 Å².